The van der Waals surface area contributed by atoms with Crippen molar-refractivity contribution in [2.75, 3.05) is 14.2 Å². The molecule has 7 nitrogen and oxygen atoms in total. The normalized spacial score (nSPS) is 16.3. The fourth-order valence-electron chi connectivity index (χ4n) is 2.01. The second kappa shape index (κ2) is 5.90. The van der Waals surface area contributed by atoms with Crippen molar-refractivity contribution in [1.29, 1.82) is 0 Å². The first-order valence-electron chi connectivity index (χ1n) is 6.36. The molecule has 8 heteroatoms. The Labute approximate surface area is 122 Å². The summed E-state index contributed by atoms with van der Waals surface area (Å²) >= 11 is 0. The number of hydrogen-bond donors (Lipinski definition) is 2. The van der Waals surface area contributed by atoms with E-state index in [1.54, 1.807) is 0 Å². The smallest absolute Gasteiger partial charge is 0.322 e. The Bertz CT molecular complexity index is 638. The molecular formula is C13H17NO6S. The number of aliphatic carboxylic acids is 1. The Kier molecular flexibility index (Phi) is 4.38. The molecule has 1 aliphatic carbocycles. The Morgan fingerprint density at radius 1 is 1.33 bits per heavy atom. The third-order valence-corrected chi connectivity index (χ3v) is 4.78. The molecule has 116 valence electrons. The summed E-state index contributed by atoms with van der Waals surface area (Å²) in [5.74, 6) is -0.778. The molecule has 2 N–H and O–H groups in total. The van der Waals surface area contributed by atoms with E-state index in [-0.39, 0.29) is 16.6 Å². The fourth-order valence-corrected chi connectivity index (χ4v) is 3.41. The minimum atomic E-state index is -3.99. The minimum Gasteiger partial charge on any atom is -0.497 e. The predicted octanol–water partition coefficient (Wildman–Crippen LogP) is 0.845. The molecule has 0 amide bonds. The number of carbonyl (C=O) groups is 1. The number of benzene rings is 1. The van der Waals surface area contributed by atoms with Crippen molar-refractivity contribution < 1.29 is 27.8 Å². The Hall–Kier alpha value is -1.80. The first-order chi connectivity index (χ1) is 9.89. The summed E-state index contributed by atoms with van der Waals surface area (Å²) in [6.07, 6.45) is 1.42. The van der Waals surface area contributed by atoms with Gasteiger partial charge in [0, 0.05) is 6.07 Å². The van der Waals surface area contributed by atoms with Gasteiger partial charge in [0.05, 0.1) is 14.2 Å². The zero-order chi connectivity index (χ0) is 15.6. The maximum atomic E-state index is 12.4. The quantitative estimate of drug-likeness (QED) is 0.773. The molecule has 1 aromatic carbocycles. The number of methoxy groups -OCH3 is 2. The van der Waals surface area contributed by atoms with Gasteiger partial charge in [-0.2, -0.15) is 4.72 Å². The maximum absolute atomic E-state index is 12.4. The molecule has 1 saturated carbocycles. The zero-order valence-corrected chi connectivity index (χ0v) is 12.5. The van der Waals surface area contributed by atoms with Crippen LogP contribution in [0.15, 0.2) is 23.1 Å². The fraction of sp³-hybridized carbons (Fsp3) is 0.462. The Morgan fingerprint density at radius 2 is 2.00 bits per heavy atom. The van der Waals surface area contributed by atoms with Crippen LogP contribution < -0.4 is 14.2 Å². The maximum Gasteiger partial charge on any atom is 0.322 e. The largest absolute Gasteiger partial charge is 0.497 e. The second-order valence-corrected chi connectivity index (χ2v) is 6.47. The van der Waals surface area contributed by atoms with E-state index >= 15 is 0 Å². The predicted molar refractivity (Wildman–Crippen MR) is 74.0 cm³/mol. The van der Waals surface area contributed by atoms with Crippen molar-refractivity contribution in [2.45, 2.75) is 23.8 Å². The molecule has 0 radical (unpaired) electrons. The van der Waals surface area contributed by atoms with Crippen molar-refractivity contribution in [2.24, 2.45) is 5.92 Å². The van der Waals surface area contributed by atoms with Gasteiger partial charge in [-0.15, -0.1) is 0 Å². The van der Waals surface area contributed by atoms with Gasteiger partial charge < -0.3 is 14.6 Å². The highest BCUT2D eigenvalue weighted by atomic mass is 32.2. The first-order valence-corrected chi connectivity index (χ1v) is 7.84. The van der Waals surface area contributed by atoms with Crippen LogP contribution in [-0.4, -0.2) is 39.8 Å². The van der Waals surface area contributed by atoms with E-state index in [0.29, 0.717) is 18.6 Å². The van der Waals surface area contributed by atoms with Crippen LogP contribution in [-0.2, 0) is 14.8 Å². The molecule has 1 aromatic rings. The first kappa shape index (κ1) is 15.6. The van der Waals surface area contributed by atoms with Crippen LogP contribution >= 0.6 is 0 Å². The van der Waals surface area contributed by atoms with Crippen LogP contribution in [0.2, 0.25) is 0 Å². The van der Waals surface area contributed by atoms with E-state index in [2.05, 4.69) is 4.72 Å². The van der Waals surface area contributed by atoms with Gasteiger partial charge >= 0.3 is 5.97 Å². The van der Waals surface area contributed by atoms with Crippen LogP contribution in [0.3, 0.4) is 0 Å². The average molecular weight is 315 g/mol. The number of nitrogens with one attached hydrogen (secondary N) is 1. The Balaban J connectivity index is 2.32. The number of hydrogen-bond acceptors (Lipinski definition) is 5. The van der Waals surface area contributed by atoms with Crippen LogP contribution in [0.4, 0.5) is 0 Å². The molecule has 0 heterocycles. The van der Waals surface area contributed by atoms with E-state index in [4.69, 9.17) is 14.6 Å². The summed E-state index contributed by atoms with van der Waals surface area (Å²) in [6, 6.07) is 3.12. The summed E-state index contributed by atoms with van der Waals surface area (Å²) in [4.78, 5) is 11.1. The molecular weight excluding hydrogens is 298 g/mol. The van der Waals surface area contributed by atoms with Crippen molar-refractivity contribution in [3.63, 3.8) is 0 Å². The average Bonchev–Trinajstić information content (AvgIpc) is 3.28. The lowest BCUT2D eigenvalue weighted by molar-refractivity contribution is -0.139. The van der Waals surface area contributed by atoms with Crippen molar-refractivity contribution in [3.05, 3.63) is 18.2 Å². The van der Waals surface area contributed by atoms with Gasteiger partial charge in [0.2, 0.25) is 10.0 Å². The molecule has 1 aliphatic rings. The van der Waals surface area contributed by atoms with E-state index in [9.17, 15) is 13.2 Å². The standard InChI is InChI=1S/C13H17NO6S/c1-19-9-5-6-11(10(7-9)20-2)21(17,18)14-12(13(15)16)8-3-4-8/h5-8,12,14H,3-4H2,1-2H3,(H,15,16). The highest BCUT2D eigenvalue weighted by molar-refractivity contribution is 7.89. The summed E-state index contributed by atoms with van der Waals surface area (Å²) in [7, 11) is -1.20. The minimum absolute atomic E-state index is 0.0989. The molecule has 0 aromatic heterocycles. The van der Waals surface area contributed by atoms with Gasteiger partial charge in [-0.1, -0.05) is 0 Å². The van der Waals surface area contributed by atoms with Crippen molar-refractivity contribution in [3.8, 4) is 11.5 Å². The summed E-state index contributed by atoms with van der Waals surface area (Å²) < 4.78 is 37.0. The highest BCUT2D eigenvalue weighted by Crippen LogP contribution is 2.34. The van der Waals surface area contributed by atoms with Crippen LogP contribution in [0.5, 0.6) is 11.5 Å². The van der Waals surface area contributed by atoms with Gasteiger partial charge in [-0.3, -0.25) is 4.79 Å². The van der Waals surface area contributed by atoms with Gasteiger partial charge in [0.25, 0.3) is 0 Å². The van der Waals surface area contributed by atoms with Crippen LogP contribution in [0.25, 0.3) is 0 Å². The number of carboxylic acids is 1. The number of rotatable bonds is 7. The third kappa shape index (κ3) is 3.45. The van der Waals surface area contributed by atoms with Crippen molar-refractivity contribution >= 4 is 16.0 Å². The third-order valence-electron chi connectivity index (χ3n) is 3.30. The zero-order valence-electron chi connectivity index (χ0n) is 11.7. The lowest BCUT2D eigenvalue weighted by Gasteiger charge is -2.16. The summed E-state index contributed by atoms with van der Waals surface area (Å²) in [6.45, 7) is 0. The molecule has 1 fully saturated rings. The number of carboxylic acid groups (broad SMARTS) is 1. The molecule has 1 atom stereocenters. The monoisotopic (exact) mass is 315 g/mol. The SMILES string of the molecule is COc1ccc(S(=O)(=O)NC(C(=O)O)C2CC2)c(OC)c1. The van der Waals surface area contributed by atoms with Gasteiger partial charge in [-0.05, 0) is 30.9 Å². The lowest BCUT2D eigenvalue weighted by atomic mass is 10.2. The second-order valence-electron chi connectivity index (χ2n) is 4.79. The lowest BCUT2D eigenvalue weighted by Crippen LogP contribution is -2.42. The molecule has 0 bridgehead atoms. The summed E-state index contributed by atoms with van der Waals surface area (Å²) in [5, 5.41) is 9.12. The van der Waals surface area contributed by atoms with Crippen molar-refractivity contribution in [1.82, 2.24) is 4.72 Å². The molecule has 1 unspecified atom stereocenters. The Morgan fingerprint density at radius 3 is 2.48 bits per heavy atom. The molecule has 21 heavy (non-hydrogen) atoms. The van der Waals surface area contributed by atoms with E-state index < -0.39 is 22.0 Å². The van der Waals surface area contributed by atoms with Gasteiger partial charge in [0.15, 0.2) is 0 Å². The van der Waals surface area contributed by atoms with Crippen LogP contribution in [0.1, 0.15) is 12.8 Å². The molecule has 0 spiro atoms. The number of ether oxygens (including phenoxy) is 2. The molecule has 0 saturated heterocycles. The van der Waals surface area contributed by atoms with E-state index in [1.165, 1.54) is 32.4 Å². The van der Waals surface area contributed by atoms with E-state index in [0.717, 1.165) is 0 Å². The van der Waals surface area contributed by atoms with Gasteiger partial charge in [-0.25, -0.2) is 8.42 Å². The van der Waals surface area contributed by atoms with Gasteiger partial charge in [0.1, 0.15) is 22.4 Å². The molecule has 2 rings (SSSR count). The topological polar surface area (TPSA) is 102 Å². The van der Waals surface area contributed by atoms with E-state index in [1.807, 2.05) is 0 Å². The molecule has 0 aliphatic heterocycles. The highest BCUT2D eigenvalue weighted by Gasteiger charge is 2.39. The summed E-state index contributed by atoms with van der Waals surface area (Å²) in [5.41, 5.74) is 0. The van der Waals surface area contributed by atoms with Crippen LogP contribution in [0, 0.1) is 5.92 Å². The number of sulfonamides is 1.